The number of hydrogen-bond acceptors (Lipinski definition) is 3. The summed E-state index contributed by atoms with van der Waals surface area (Å²) in [6.45, 7) is 4.61. The van der Waals surface area contributed by atoms with E-state index in [2.05, 4.69) is 24.1 Å². The van der Waals surface area contributed by atoms with Gasteiger partial charge in [-0.05, 0) is 37.2 Å². The van der Waals surface area contributed by atoms with Crippen LogP contribution in [0.5, 0.6) is 0 Å². The van der Waals surface area contributed by atoms with Crippen LogP contribution in [0.2, 0.25) is 0 Å². The van der Waals surface area contributed by atoms with Gasteiger partial charge in [0.15, 0.2) is 0 Å². The predicted molar refractivity (Wildman–Crippen MR) is 96.0 cm³/mol. The minimum Gasteiger partial charge on any atom is -0.481 e. The number of aliphatic carboxylic acids is 1. The van der Waals surface area contributed by atoms with E-state index >= 15 is 0 Å². The fourth-order valence-electron chi connectivity index (χ4n) is 4.45. The topological polar surface area (TPSA) is 69.6 Å². The molecule has 2 N–H and O–H groups in total. The SMILES string of the molecule is CC(C)CC(NC(=O)CN1C2CCC1C(C(=O)O)C2)c1ccccc1. The van der Waals surface area contributed by atoms with Gasteiger partial charge >= 0.3 is 5.97 Å². The van der Waals surface area contributed by atoms with Crippen LogP contribution < -0.4 is 5.32 Å². The molecule has 1 aromatic rings. The van der Waals surface area contributed by atoms with Gasteiger partial charge in [0.25, 0.3) is 0 Å². The number of benzene rings is 1. The first-order valence-electron chi connectivity index (χ1n) is 9.28. The zero-order chi connectivity index (χ0) is 18.0. The van der Waals surface area contributed by atoms with Crippen molar-refractivity contribution in [3.05, 3.63) is 35.9 Å². The fourth-order valence-corrected chi connectivity index (χ4v) is 4.45. The number of hydrogen-bond donors (Lipinski definition) is 2. The summed E-state index contributed by atoms with van der Waals surface area (Å²) in [6.07, 6.45) is 3.47. The summed E-state index contributed by atoms with van der Waals surface area (Å²) in [5.74, 6) is -0.561. The van der Waals surface area contributed by atoms with Crippen molar-refractivity contribution in [1.82, 2.24) is 10.2 Å². The van der Waals surface area contributed by atoms with E-state index in [9.17, 15) is 14.7 Å². The predicted octanol–water partition coefficient (Wildman–Crippen LogP) is 2.83. The molecule has 5 nitrogen and oxygen atoms in total. The number of carboxylic acids is 1. The van der Waals surface area contributed by atoms with E-state index in [1.165, 1.54) is 0 Å². The van der Waals surface area contributed by atoms with Crippen molar-refractivity contribution in [3.8, 4) is 0 Å². The molecular formula is C20H28N2O3. The third kappa shape index (κ3) is 4.03. The van der Waals surface area contributed by atoms with Crippen molar-refractivity contribution in [2.24, 2.45) is 11.8 Å². The molecule has 0 aliphatic carbocycles. The Labute approximate surface area is 149 Å². The fraction of sp³-hybridized carbons (Fsp3) is 0.600. The second-order valence-electron chi connectivity index (χ2n) is 7.81. The molecule has 2 aliphatic rings. The summed E-state index contributed by atoms with van der Waals surface area (Å²) >= 11 is 0. The molecule has 4 unspecified atom stereocenters. The maximum atomic E-state index is 12.7. The number of carbonyl (C=O) groups excluding carboxylic acids is 1. The van der Waals surface area contributed by atoms with Crippen molar-refractivity contribution < 1.29 is 14.7 Å². The first-order valence-corrected chi connectivity index (χ1v) is 9.28. The van der Waals surface area contributed by atoms with Crippen LogP contribution >= 0.6 is 0 Å². The van der Waals surface area contributed by atoms with Crippen LogP contribution in [0.4, 0.5) is 0 Å². The number of nitrogens with one attached hydrogen (secondary N) is 1. The van der Waals surface area contributed by atoms with Gasteiger partial charge in [-0.25, -0.2) is 0 Å². The van der Waals surface area contributed by atoms with Crippen LogP contribution in [0.3, 0.4) is 0 Å². The number of rotatable bonds is 7. The molecule has 2 bridgehead atoms. The summed E-state index contributed by atoms with van der Waals surface area (Å²) in [6, 6.07) is 10.3. The lowest BCUT2D eigenvalue weighted by Crippen LogP contribution is -2.42. The number of amides is 1. The third-order valence-corrected chi connectivity index (χ3v) is 5.57. The molecule has 136 valence electrons. The molecule has 0 saturated carbocycles. The minimum absolute atomic E-state index is 0.00237. The number of carbonyl (C=O) groups is 2. The maximum Gasteiger partial charge on any atom is 0.308 e. The van der Waals surface area contributed by atoms with Crippen molar-refractivity contribution in [1.29, 1.82) is 0 Å². The van der Waals surface area contributed by atoms with Crippen LogP contribution in [0.25, 0.3) is 0 Å². The van der Waals surface area contributed by atoms with Crippen LogP contribution in [0.1, 0.15) is 51.1 Å². The van der Waals surface area contributed by atoms with E-state index in [1.54, 1.807) is 0 Å². The Morgan fingerprint density at radius 3 is 2.56 bits per heavy atom. The molecule has 2 heterocycles. The lowest BCUT2D eigenvalue weighted by Gasteiger charge is -2.25. The van der Waals surface area contributed by atoms with E-state index in [-0.39, 0.29) is 30.0 Å². The standard InChI is InChI=1S/C20H28N2O3/c1-13(2)10-17(14-6-4-3-5-7-14)21-19(23)12-22-15-8-9-18(22)16(11-15)20(24)25/h3-7,13,15-18H,8-12H2,1-2H3,(H,21,23)(H,24,25). The molecule has 2 saturated heterocycles. The monoisotopic (exact) mass is 344 g/mol. The highest BCUT2D eigenvalue weighted by molar-refractivity contribution is 5.79. The quantitative estimate of drug-likeness (QED) is 0.798. The highest BCUT2D eigenvalue weighted by Crippen LogP contribution is 2.41. The molecule has 1 aromatic carbocycles. The highest BCUT2D eigenvalue weighted by Gasteiger charge is 2.49. The molecule has 3 rings (SSSR count). The average molecular weight is 344 g/mol. The zero-order valence-corrected chi connectivity index (χ0v) is 15.0. The van der Waals surface area contributed by atoms with Crippen LogP contribution in [-0.2, 0) is 9.59 Å². The van der Waals surface area contributed by atoms with Gasteiger partial charge in [0.05, 0.1) is 18.5 Å². The Hall–Kier alpha value is -1.88. The van der Waals surface area contributed by atoms with Crippen molar-refractivity contribution >= 4 is 11.9 Å². The largest absolute Gasteiger partial charge is 0.481 e. The van der Waals surface area contributed by atoms with Crippen LogP contribution in [-0.4, -0.2) is 40.5 Å². The Morgan fingerprint density at radius 2 is 1.96 bits per heavy atom. The van der Waals surface area contributed by atoms with Crippen molar-refractivity contribution in [2.45, 2.75) is 57.7 Å². The second kappa shape index (κ2) is 7.56. The van der Waals surface area contributed by atoms with Gasteiger partial charge in [0, 0.05) is 12.1 Å². The van der Waals surface area contributed by atoms with E-state index in [1.807, 2.05) is 30.3 Å². The number of nitrogens with zero attached hydrogens (tertiary/aromatic N) is 1. The van der Waals surface area contributed by atoms with Gasteiger partial charge in [-0.15, -0.1) is 0 Å². The molecule has 25 heavy (non-hydrogen) atoms. The van der Waals surface area contributed by atoms with Gasteiger partial charge < -0.3 is 10.4 Å². The Morgan fingerprint density at radius 1 is 1.24 bits per heavy atom. The molecule has 0 aromatic heterocycles. The molecule has 2 fully saturated rings. The minimum atomic E-state index is -0.723. The van der Waals surface area contributed by atoms with Gasteiger partial charge in [-0.3, -0.25) is 14.5 Å². The Kier molecular flexibility index (Phi) is 5.42. The first-order chi connectivity index (χ1) is 12.0. The molecular weight excluding hydrogens is 316 g/mol. The lowest BCUT2D eigenvalue weighted by atomic mass is 9.89. The smallest absolute Gasteiger partial charge is 0.308 e. The molecule has 0 spiro atoms. The zero-order valence-electron chi connectivity index (χ0n) is 15.0. The molecule has 2 aliphatic heterocycles. The van der Waals surface area contributed by atoms with Gasteiger partial charge in [0.2, 0.25) is 5.91 Å². The van der Waals surface area contributed by atoms with E-state index in [4.69, 9.17) is 0 Å². The second-order valence-corrected chi connectivity index (χ2v) is 7.81. The Balaban J connectivity index is 1.63. The van der Waals surface area contributed by atoms with Crippen molar-refractivity contribution in [2.75, 3.05) is 6.54 Å². The highest BCUT2D eigenvalue weighted by atomic mass is 16.4. The number of carboxylic acid groups (broad SMARTS) is 1. The van der Waals surface area contributed by atoms with E-state index in [0.29, 0.717) is 18.9 Å². The lowest BCUT2D eigenvalue weighted by molar-refractivity contribution is -0.143. The van der Waals surface area contributed by atoms with E-state index < -0.39 is 5.97 Å². The normalized spacial score (nSPS) is 26.8. The summed E-state index contributed by atoms with van der Waals surface area (Å²) in [5.41, 5.74) is 1.12. The molecule has 4 atom stereocenters. The van der Waals surface area contributed by atoms with Crippen LogP contribution in [0, 0.1) is 11.8 Å². The van der Waals surface area contributed by atoms with Gasteiger partial charge in [0.1, 0.15) is 0 Å². The average Bonchev–Trinajstić information content (AvgIpc) is 3.11. The summed E-state index contributed by atoms with van der Waals surface area (Å²) in [4.78, 5) is 26.2. The summed E-state index contributed by atoms with van der Waals surface area (Å²) < 4.78 is 0. The summed E-state index contributed by atoms with van der Waals surface area (Å²) in [7, 11) is 0. The maximum absolute atomic E-state index is 12.7. The van der Waals surface area contributed by atoms with E-state index in [0.717, 1.165) is 24.8 Å². The third-order valence-electron chi connectivity index (χ3n) is 5.57. The first kappa shape index (κ1) is 17.9. The van der Waals surface area contributed by atoms with Gasteiger partial charge in [-0.1, -0.05) is 44.2 Å². The Bertz CT molecular complexity index is 617. The number of fused-ring (bicyclic) bond motifs is 2. The van der Waals surface area contributed by atoms with Gasteiger partial charge in [-0.2, -0.15) is 0 Å². The molecule has 1 amide bonds. The molecule has 0 radical (unpaired) electrons. The molecule has 5 heteroatoms. The van der Waals surface area contributed by atoms with Crippen molar-refractivity contribution in [3.63, 3.8) is 0 Å². The summed E-state index contributed by atoms with van der Waals surface area (Å²) in [5, 5.41) is 12.5. The van der Waals surface area contributed by atoms with Crippen LogP contribution in [0.15, 0.2) is 30.3 Å².